The van der Waals surface area contributed by atoms with E-state index in [4.69, 9.17) is 21.1 Å². The van der Waals surface area contributed by atoms with Gasteiger partial charge in [0, 0.05) is 29.9 Å². The van der Waals surface area contributed by atoms with Crippen molar-refractivity contribution in [3.8, 4) is 16.9 Å². The molecule has 1 aliphatic rings. The summed E-state index contributed by atoms with van der Waals surface area (Å²) in [6.45, 7) is 3.52. The van der Waals surface area contributed by atoms with E-state index in [1.54, 1.807) is 30.5 Å². The van der Waals surface area contributed by atoms with Crippen LogP contribution in [-0.4, -0.2) is 36.5 Å². The first-order chi connectivity index (χ1) is 19.1. The zero-order valence-electron chi connectivity index (χ0n) is 21.1. The van der Waals surface area contributed by atoms with Crippen LogP contribution in [0.3, 0.4) is 0 Å². The molecule has 1 aliphatic heterocycles. The van der Waals surface area contributed by atoms with E-state index in [1.807, 2.05) is 6.07 Å². The largest absolute Gasteiger partial charge is 0.487 e. The van der Waals surface area contributed by atoms with E-state index in [0.29, 0.717) is 10.8 Å². The van der Waals surface area contributed by atoms with Crippen LogP contribution in [0.2, 0.25) is 5.02 Å². The Hall–Kier alpha value is -4.20. The monoisotopic (exact) mass is 540 g/mol. The van der Waals surface area contributed by atoms with E-state index in [-0.39, 0.29) is 12.4 Å². The van der Waals surface area contributed by atoms with Gasteiger partial charge in [-0.3, -0.25) is 0 Å². The lowest BCUT2D eigenvalue weighted by molar-refractivity contribution is 0.122. The molecule has 6 rings (SSSR count). The number of fused-ring (bicyclic) bond motifs is 1. The van der Waals surface area contributed by atoms with Crippen molar-refractivity contribution in [2.75, 3.05) is 36.5 Å². The number of anilines is 3. The van der Waals surface area contributed by atoms with Crippen molar-refractivity contribution in [3.63, 3.8) is 0 Å². The van der Waals surface area contributed by atoms with Crippen LogP contribution in [-0.2, 0) is 11.3 Å². The molecule has 196 valence electrons. The molecule has 6 nitrogen and oxygen atoms in total. The van der Waals surface area contributed by atoms with Crippen molar-refractivity contribution >= 4 is 39.6 Å². The highest BCUT2D eigenvalue weighted by Gasteiger charge is 2.13. The molecule has 0 radical (unpaired) electrons. The van der Waals surface area contributed by atoms with Crippen LogP contribution in [0.4, 0.5) is 21.5 Å². The van der Waals surface area contributed by atoms with Gasteiger partial charge in [0.1, 0.15) is 18.2 Å². The Bertz CT molecular complexity index is 1620. The number of hydrogen-bond donors (Lipinski definition) is 1. The summed E-state index contributed by atoms with van der Waals surface area (Å²) in [5, 5.41) is 13.4. The van der Waals surface area contributed by atoms with Crippen molar-refractivity contribution in [1.29, 1.82) is 0 Å². The number of nitrogens with zero attached hydrogens (tertiary/aromatic N) is 3. The van der Waals surface area contributed by atoms with Crippen molar-refractivity contribution < 1.29 is 13.9 Å². The number of rotatable bonds is 7. The molecule has 0 spiro atoms. The molecule has 39 heavy (non-hydrogen) atoms. The quantitative estimate of drug-likeness (QED) is 0.235. The lowest BCUT2D eigenvalue weighted by atomic mass is 10.0. The minimum absolute atomic E-state index is 0.223. The van der Waals surface area contributed by atoms with Crippen molar-refractivity contribution in [1.82, 2.24) is 10.2 Å². The maximum atomic E-state index is 13.4. The summed E-state index contributed by atoms with van der Waals surface area (Å²) in [6.07, 6.45) is 1.70. The Kier molecular flexibility index (Phi) is 7.25. The van der Waals surface area contributed by atoms with Crippen LogP contribution in [0.25, 0.3) is 22.0 Å². The van der Waals surface area contributed by atoms with Crippen LogP contribution >= 0.6 is 11.6 Å². The van der Waals surface area contributed by atoms with Gasteiger partial charge in [0.15, 0.2) is 0 Å². The smallest absolute Gasteiger partial charge is 0.138 e. The van der Waals surface area contributed by atoms with Crippen molar-refractivity contribution in [2.24, 2.45) is 0 Å². The molecular weight excluding hydrogens is 515 g/mol. The molecule has 8 heteroatoms. The molecule has 1 saturated heterocycles. The summed E-state index contributed by atoms with van der Waals surface area (Å²) in [5.41, 5.74) is 6.52. The van der Waals surface area contributed by atoms with Gasteiger partial charge in [-0.2, -0.15) is 10.2 Å². The lowest BCUT2D eigenvalue weighted by Crippen LogP contribution is -2.36. The lowest BCUT2D eigenvalue weighted by Gasteiger charge is -2.29. The Labute approximate surface area is 231 Å². The maximum absolute atomic E-state index is 13.4. The Morgan fingerprint density at radius 1 is 0.923 bits per heavy atom. The third kappa shape index (κ3) is 5.79. The zero-order chi connectivity index (χ0) is 26.6. The van der Waals surface area contributed by atoms with E-state index in [1.165, 1.54) is 17.8 Å². The number of ether oxygens (including phenoxy) is 2. The highest BCUT2D eigenvalue weighted by molar-refractivity contribution is 6.32. The van der Waals surface area contributed by atoms with E-state index >= 15 is 0 Å². The number of hydrogen-bond acceptors (Lipinski definition) is 6. The van der Waals surface area contributed by atoms with Crippen LogP contribution in [0, 0.1) is 5.82 Å². The Morgan fingerprint density at radius 2 is 1.77 bits per heavy atom. The average molecular weight is 541 g/mol. The Balaban J connectivity index is 1.20. The molecule has 0 atom stereocenters. The van der Waals surface area contributed by atoms with Crippen LogP contribution in [0.1, 0.15) is 5.56 Å². The molecule has 0 amide bonds. The third-order valence-corrected chi connectivity index (χ3v) is 6.99. The maximum Gasteiger partial charge on any atom is 0.138 e. The summed E-state index contributed by atoms with van der Waals surface area (Å²) in [7, 11) is 0. The summed E-state index contributed by atoms with van der Waals surface area (Å²) in [5.74, 6) is 0.224. The molecule has 2 heterocycles. The fraction of sp³-hybridized carbons (Fsp3) is 0.161. The molecule has 0 bridgehead atoms. The van der Waals surface area contributed by atoms with Crippen LogP contribution in [0.5, 0.6) is 5.75 Å². The first-order valence-electron chi connectivity index (χ1n) is 12.7. The predicted octanol–water partition coefficient (Wildman–Crippen LogP) is 7.25. The highest BCUT2D eigenvalue weighted by Crippen LogP contribution is 2.33. The molecule has 0 unspecified atom stereocenters. The van der Waals surface area contributed by atoms with Gasteiger partial charge in [-0.25, -0.2) is 4.39 Å². The topological polar surface area (TPSA) is 59.5 Å². The van der Waals surface area contributed by atoms with Gasteiger partial charge >= 0.3 is 0 Å². The fourth-order valence-corrected chi connectivity index (χ4v) is 4.92. The number of aromatic nitrogens is 2. The predicted molar refractivity (Wildman–Crippen MR) is 153 cm³/mol. The number of nitrogens with one attached hydrogen (secondary N) is 1. The normalized spacial score (nSPS) is 13.4. The molecule has 5 aromatic rings. The fourth-order valence-electron chi connectivity index (χ4n) is 4.68. The number of benzene rings is 4. The Morgan fingerprint density at radius 3 is 2.62 bits per heavy atom. The SMILES string of the molecule is Fc1cccc(COc2ccc(Nc3cnnc4cc(-c5cccc(N6CCOCC6)c5)ccc34)cc2Cl)c1. The number of halogens is 2. The van der Waals surface area contributed by atoms with Gasteiger partial charge in [-0.1, -0.05) is 41.9 Å². The second-order valence-electron chi connectivity index (χ2n) is 9.33. The van der Waals surface area contributed by atoms with Crippen molar-refractivity contribution in [3.05, 3.63) is 108 Å². The van der Waals surface area contributed by atoms with E-state index < -0.39 is 0 Å². The highest BCUT2D eigenvalue weighted by atomic mass is 35.5. The second kappa shape index (κ2) is 11.3. The minimum Gasteiger partial charge on any atom is -0.487 e. The standard InChI is InChI=1S/C31H26ClFN4O2/c32-28-18-25(8-10-31(28)39-20-21-3-1-5-24(33)15-21)35-30-19-34-36-29-17-23(7-9-27(29)30)22-4-2-6-26(16-22)37-11-13-38-14-12-37/h1-10,15-19H,11-14,20H2,(H,35,36). The van der Waals surface area contributed by atoms with Crippen LogP contribution in [0.15, 0.2) is 91.1 Å². The summed E-state index contributed by atoms with van der Waals surface area (Å²) >= 11 is 6.49. The first-order valence-corrected chi connectivity index (χ1v) is 13.1. The molecule has 0 saturated carbocycles. The van der Waals surface area contributed by atoms with E-state index in [0.717, 1.165) is 65.3 Å². The molecule has 1 aromatic heterocycles. The third-order valence-electron chi connectivity index (χ3n) is 6.69. The van der Waals surface area contributed by atoms with Gasteiger partial charge in [-0.15, -0.1) is 0 Å². The van der Waals surface area contributed by atoms with Gasteiger partial charge < -0.3 is 19.7 Å². The second-order valence-corrected chi connectivity index (χ2v) is 9.74. The summed E-state index contributed by atoms with van der Waals surface area (Å²) < 4.78 is 24.7. The van der Waals surface area contributed by atoms with Gasteiger partial charge in [0.2, 0.25) is 0 Å². The van der Waals surface area contributed by atoms with E-state index in [2.05, 4.69) is 62.9 Å². The molecular formula is C31H26ClFN4O2. The molecule has 4 aromatic carbocycles. The average Bonchev–Trinajstić information content (AvgIpc) is 2.97. The van der Waals surface area contributed by atoms with Crippen LogP contribution < -0.4 is 15.0 Å². The summed E-state index contributed by atoms with van der Waals surface area (Å²) in [6, 6.07) is 26.5. The molecule has 1 N–H and O–H groups in total. The molecule has 1 fully saturated rings. The molecule has 0 aliphatic carbocycles. The number of morpholine rings is 1. The van der Waals surface area contributed by atoms with E-state index in [9.17, 15) is 4.39 Å². The summed E-state index contributed by atoms with van der Waals surface area (Å²) in [4.78, 5) is 2.35. The first kappa shape index (κ1) is 25.1. The van der Waals surface area contributed by atoms with Crippen molar-refractivity contribution in [2.45, 2.75) is 6.61 Å². The zero-order valence-corrected chi connectivity index (χ0v) is 21.9. The van der Waals surface area contributed by atoms with Gasteiger partial charge in [0.05, 0.1) is 35.6 Å². The van der Waals surface area contributed by atoms with Gasteiger partial charge in [0.25, 0.3) is 0 Å². The van der Waals surface area contributed by atoms with Gasteiger partial charge in [-0.05, 0) is 71.3 Å². The minimum atomic E-state index is -0.298.